The van der Waals surface area contributed by atoms with Crippen LogP contribution in [-0.2, 0) is 6.54 Å². The van der Waals surface area contributed by atoms with Gasteiger partial charge in [0.2, 0.25) is 0 Å². The van der Waals surface area contributed by atoms with Gasteiger partial charge in [0, 0.05) is 5.69 Å². The zero-order valence-electron chi connectivity index (χ0n) is 15.8. The monoisotopic (exact) mass is 405 g/mol. The summed E-state index contributed by atoms with van der Waals surface area (Å²) in [5.74, 6) is 0.510. The molecule has 0 aliphatic carbocycles. The Labute approximate surface area is 171 Å². The Kier molecular flexibility index (Phi) is 5.39. The van der Waals surface area contributed by atoms with Gasteiger partial charge >= 0.3 is 0 Å². The largest absolute Gasteiger partial charge is 0.492 e. The second kappa shape index (κ2) is 8.28. The van der Waals surface area contributed by atoms with E-state index >= 15 is 0 Å². The summed E-state index contributed by atoms with van der Waals surface area (Å²) in [4.78, 5) is 31.0. The summed E-state index contributed by atoms with van der Waals surface area (Å²) in [6.45, 7) is 2.51. The molecule has 146 valence electrons. The average Bonchev–Trinajstić information content (AvgIpc) is 3.08. The van der Waals surface area contributed by atoms with Gasteiger partial charge in [-0.2, -0.15) is 0 Å². The fraction of sp³-hybridized carbons (Fsp3) is 0.136. The van der Waals surface area contributed by atoms with Crippen molar-refractivity contribution in [1.82, 2.24) is 9.55 Å². The number of nitrogens with one attached hydrogen (secondary N) is 1. The number of thiophene rings is 1. The number of carbonyl (C=O) groups is 1. The third kappa shape index (κ3) is 4.05. The molecule has 29 heavy (non-hydrogen) atoms. The lowest BCUT2D eigenvalue weighted by molar-refractivity contribution is 0.103. The van der Waals surface area contributed by atoms with Crippen molar-refractivity contribution >= 4 is 33.1 Å². The van der Waals surface area contributed by atoms with E-state index in [9.17, 15) is 9.59 Å². The molecule has 2 heterocycles. The van der Waals surface area contributed by atoms with Crippen LogP contribution in [0.1, 0.15) is 15.2 Å². The Morgan fingerprint density at radius 3 is 2.52 bits per heavy atom. The number of amides is 1. The maximum absolute atomic E-state index is 12.9. The standard InChI is InChI=1S/C22H19N3O3S/c1-15-18-21(29-19(15)20(26)24-16-8-4-2-5-9-16)23-14-25(22(18)27)12-13-28-17-10-6-3-7-11-17/h2-11,14H,12-13H2,1H3,(H,24,26). The summed E-state index contributed by atoms with van der Waals surface area (Å²) in [5, 5.41) is 3.34. The van der Waals surface area contributed by atoms with Crippen molar-refractivity contribution in [2.24, 2.45) is 0 Å². The molecule has 4 aromatic rings. The number of rotatable bonds is 6. The number of para-hydroxylation sites is 2. The normalized spacial score (nSPS) is 10.8. The maximum Gasteiger partial charge on any atom is 0.266 e. The zero-order valence-corrected chi connectivity index (χ0v) is 16.6. The van der Waals surface area contributed by atoms with Crippen LogP contribution in [0.3, 0.4) is 0 Å². The minimum absolute atomic E-state index is 0.167. The number of hydrogen-bond acceptors (Lipinski definition) is 5. The number of aromatic nitrogens is 2. The molecule has 0 fully saturated rings. The fourth-order valence-electron chi connectivity index (χ4n) is 3.02. The molecule has 7 heteroatoms. The summed E-state index contributed by atoms with van der Waals surface area (Å²) in [5.41, 5.74) is 1.19. The van der Waals surface area contributed by atoms with Crippen LogP contribution < -0.4 is 15.6 Å². The van der Waals surface area contributed by atoms with Gasteiger partial charge in [-0.25, -0.2) is 4.98 Å². The van der Waals surface area contributed by atoms with E-state index in [4.69, 9.17) is 4.74 Å². The Balaban J connectivity index is 1.55. The van der Waals surface area contributed by atoms with E-state index in [1.807, 2.05) is 60.7 Å². The third-order valence-corrected chi connectivity index (χ3v) is 5.70. The smallest absolute Gasteiger partial charge is 0.266 e. The highest BCUT2D eigenvalue weighted by atomic mass is 32.1. The van der Waals surface area contributed by atoms with Gasteiger partial charge in [0.05, 0.1) is 23.1 Å². The van der Waals surface area contributed by atoms with Crippen molar-refractivity contribution in [1.29, 1.82) is 0 Å². The molecule has 6 nitrogen and oxygen atoms in total. The third-order valence-electron chi connectivity index (χ3n) is 4.50. The highest BCUT2D eigenvalue weighted by Crippen LogP contribution is 2.27. The lowest BCUT2D eigenvalue weighted by Gasteiger charge is -2.08. The van der Waals surface area contributed by atoms with Crippen LogP contribution in [0.4, 0.5) is 5.69 Å². The Bertz CT molecular complexity index is 1200. The number of anilines is 1. The molecule has 2 aromatic carbocycles. The summed E-state index contributed by atoms with van der Waals surface area (Å²) >= 11 is 1.23. The van der Waals surface area contributed by atoms with Crippen LogP contribution >= 0.6 is 11.3 Å². The topological polar surface area (TPSA) is 73.2 Å². The van der Waals surface area contributed by atoms with Gasteiger partial charge in [0.25, 0.3) is 11.5 Å². The Morgan fingerprint density at radius 2 is 1.79 bits per heavy atom. The molecule has 0 spiro atoms. The number of hydrogen-bond donors (Lipinski definition) is 1. The van der Waals surface area contributed by atoms with E-state index in [-0.39, 0.29) is 11.5 Å². The Hall–Kier alpha value is -3.45. The van der Waals surface area contributed by atoms with Crippen LogP contribution in [0.2, 0.25) is 0 Å². The van der Waals surface area contributed by atoms with Crippen LogP contribution in [0.15, 0.2) is 71.8 Å². The molecular formula is C22H19N3O3S. The molecule has 1 N–H and O–H groups in total. The van der Waals surface area contributed by atoms with Gasteiger partial charge in [-0.1, -0.05) is 36.4 Å². The zero-order chi connectivity index (χ0) is 20.2. The number of nitrogens with zero attached hydrogens (tertiary/aromatic N) is 2. The molecule has 1 amide bonds. The average molecular weight is 405 g/mol. The second-order valence-electron chi connectivity index (χ2n) is 6.46. The molecule has 0 aliphatic heterocycles. The molecule has 4 rings (SSSR count). The molecule has 0 saturated carbocycles. The summed E-state index contributed by atoms with van der Waals surface area (Å²) < 4.78 is 7.19. The van der Waals surface area contributed by atoms with E-state index in [1.165, 1.54) is 22.2 Å². The number of ether oxygens (including phenoxy) is 1. The van der Waals surface area contributed by atoms with Gasteiger partial charge in [0.15, 0.2) is 0 Å². The molecule has 0 saturated heterocycles. The minimum atomic E-state index is -0.241. The van der Waals surface area contributed by atoms with Gasteiger partial charge in [-0.15, -0.1) is 11.3 Å². The number of benzene rings is 2. The highest BCUT2D eigenvalue weighted by molar-refractivity contribution is 7.20. The predicted octanol–water partition coefficient (Wildman–Crippen LogP) is 4.10. The molecular weight excluding hydrogens is 386 g/mol. The van der Waals surface area contributed by atoms with Crippen LogP contribution in [-0.4, -0.2) is 22.1 Å². The molecule has 0 atom stereocenters. The fourth-order valence-corrected chi connectivity index (χ4v) is 4.06. The van der Waals surface area contributed by atoms with E-state index in [0.717, 1.165) is 5.75 Å². The van der Waals surface area contributed by atoms with Crippen molar-refractivity contribution in [2.45, 2.75) is 13.5 Å². The van der Waals surface area contributed by atoms with Crippen LogP contribution in [0.25, 0.3) is 10.2 Å². The lowest BCUT2D eigenvalue weighted by Crippen LogP contribution is -2.23. The molecule has 0 bridgehead atoms. The second-order valence-corrected chi connectivity index (χ2v) is 7.46. The minimum Gasteiger partial charge on any atom is -0.492 e. The lowest BCUT2D eigenvalue weighted by atomic mass is 10.2. The number of fused-ring (bicyclic) bond motifs is 1. The summed E-state index contributed by atoms with van der Waals surface area (Å²) in [6, 6.07) is 18.7. The summed E-state index contributed by atoms with van der Waals surface area (Å²) in [6.07, 6.45) is 1.51. The quantitative estimate of drug-likeness (QED) is 0.524. The van der Waals surface area contributed by atoms with Gasteiger partial charge in [0.1, 0.15) is 17.2 Å². The van der Waals surface area contributed by atoms with Crippen molar-refractivity contribution in [3.8, 4) is 5.75 Å². The van der Waals surface area contributed by atoms with Crippen LogP contribution in [0.5, 0.6) is 5.75 Å². The van der Waals surface area contributed by atoms with E-state index in [1.54, 1.807) is 6.92 Å². The predicted molar refractivity (Wildman–Crippen MR) is 115 cm³/mol. The van der Waals surface area contributed by atoms with E-state index in [2.05, 4.69) is 10.3 Å². The van der Waals surface area contributed by atoms with Gasteiger partial charge in [-0.05, 0) is 36.8 Å². The molecule has 2 aromatic heterocycles. The molecule has 0 aliphatic rings. The first kappa shape index (κ1) is 18.9. The highest BCUT2D eigenvalue weighted by Gasteiger charge is 2.19. The SMILES string of the molecule is Cc1c(C(=O)Nc2ccccc2)sc2ncn(CCOc3ccccc3)c(=O)c12. The van der Waals surface area contributed by atoms with Crippen molar-refractivity contribution in [3.05, 3.63) is 87.8 Å². The van der Waals surface area contributed by atoms with Crippen LogP contribution in [0, 0.1) is 6.92 Å². The van der Waals surface area contributed by atoms with Crippen molar-refractivity contribution in [2.75, 3.05) is 11.9 Å². The van der Waals surface area contributed by atoms with Crippen molar-refractivity contribution < 1.29 is 9.53 Å². The summed E-state index contributed by atoms with van der Waals surface area (Å²) in [7, 11) is 0. The first-order valence-electron chi connectivity index (χ1n) is 9.16. The Morgan fingerprint density at radius 1 is 1.10 bits per heavy atom. The molecule has 0 radical (unpaired) electrons. The van der Waals surface area contributed by atoms with E-state index < -0.39 is 0 Å². The van der Waals surface area contributed by atoms with Gasteiger partial charge < -0.3 is 10.1 Å². The van der Waals surface area contributed by atoms with E-state index in [0.29, 0.717) is 39.5 Å². The van der Waals surface area contributed by atoms with Gasteiger partial charge in [-0.3, -0.25) is 14.2 Å². The van der Waals surface area contributed by atoms with Crippen molar-refractivity contribution in [3.63, 3.8) is 0 Å². The molecule has 0 unspecified atom stereocenters. The first-order chi connectivity index (χ1) is 14.1. The first-order valence-corrected chi connectivity index (χ1v) is 9.98. The maximum atomic E-state index is 12.9. The number of aryl methyl sites for hydroxylation is 1. The number of carbonyl (C=O) groups excluding carboxylic acids is 1.